The highest BCUT2D eigenvalue weighted by molar-refractivity contribution is 5.46. The third kappa shape index (κ3) is 4.99. The summed E-state index contributed by atoms with van der Waals surface area (Å²) < 4.78 is 11.1. The van der Waals surface area contributed by atoms with Gasteiger partial charge in [0.1, 0.15) is 12.4 Å². The second-order valence-corrected chi connectivity index (χ2v) is 6.00. The zero-order valence-electron chi connectivity index (χ0n) is 15.4. The average molecular weight is 379 g/mol. The average Bonchev–Trinajstić information content (AvgIpc) is 2.73. The van der Waals surface area contributed by atoms with Crippen molar-refractivity contribution < 1.29 is 14.4 Å². The maximum atomic E-state index is 11.1. The molecule has 3 aromatic carbocycles. The molecule has 7 nitrogen and oxygen atoms in total. The molecule has 0 saturated heterocycles. The Labute approximate surface area is 163 Å². The molecule has 0 aliphatic rings. The van der Waals surface area contributed by atoms with Crippen molar-refractivity contribution in [2.45, 2.75) is 13.2 Å². The molecule has 0 heterocycles. The molecule has 0 radical (unpaired) electrons. The lowest BCUT2D eigenvalue weighted by molar-refractivity contribution is -0.385. The fraction of sp³-hybridized carbons (Fsp3) is 0.143. The van der Waals surface area contributed by atoms with Crippen LogP contribution in [0.3, 0.4) is 0 Å². The maximum absolute atomic E-state index is 11.1. The van der Waals surface area contributed by atoms with Crippen molar-refractivity contribution in [1.29, 1.82) is 0 Å². The van der Waals surface area contributed by atoms with Gasteiger partial charge < -0.3 is 14.9 Å². The first-order chi connectivity index (χ1) is 13.7. The molecular weight excluding hydrogens is 358 g/mol. The van der Waals surface area contributed by atoms with Gasteiger partial charge in [-0.05, 0) is 35.9 Å². The number of methoxy groups -OCH3 is 1. The Morgan fingerprint density at radius 1 is 0.964 bits per heavy atom. The van der Waals surface area contributed by atoms with E-state index in [9.17, 15) is 10.1 Å². The zero-order valence-corrected chi connectivity index (χ0v) is 15.4. The summed E-state index contributed by atoms with van der Waals surface area (Å²) in [6, 6.07) is 21.9. The molecule has 0 bridgehead atoms. The minimum Gasteiger partial charge on any atom is -0.496 e. The van der Waals surface area contributed by atoms with E-state index in [2.05, 4.69) is 10.9 Å². The lowest BCUT2D eigenvalue weighted by Gasteiger charge is -2.13. The van der Waals surface area contributed by atoms with E-state index in [0.29, 0.717) is 12.3 Å². The quantitative estimate of drug-likeness (QED) is 0.426. The van der Waals surface area contributed by atoms with E-state index in [-0.39, 0.29) is 18.0 Å². The Balaban J connectivity index is 1.67. The number of nitro benzene ring substituents is 1. The van der Waals surface area contributed by atoms with Gasteiger partial charge in [-0.3, -0.25) is 10.1 Å². The lowest BCUT2D eigenvalue weighted by atomic mass is 10.1. The molecule has 28 heavy (non-hydrogen) atoms. The van der Waals surface area contributed by atoms with Crippen molar-refractivity contribution in [2.24, 2.45) is 0 Å². The predicted molar refractivity (Wildman–Crippen MR) is 107 cm³/mol. The van der Waals surface area contributed by atoms with Crippen LogP contribution in [0, 0.1) is 10.1 Å². The third-order valence-corrected chi connectivity index (χ3v) is 4.09. The molecule has 3 rings (SSSR count). The minimum absolute atomic E-state index is 0.0636. The molecule has 0 spiro atoms. The standard InChI is InChI=1S/C21H21N3O4/c1-27-20-12-11-16(14-22-23-18-7-3-2-4-8-18)13-17(20)15-28-21-10-6-5-9-19(21)24(25)26/h2-13,22-23H,14-15H2,1H3. The Hall–Kier alpha value is -3.58. The molecule has 144 valence electrons. The van der Waals surface area contributed by atoms with E-state index in [0.717, 1.165) is 16.8 Å². The summed E-state index contributed by atoms with van der Waals surface area (Å²) in [6.07, 6.45) is 0. The number of anilines is 1. The van der Waals surface area contributed by atoms with Crippen molar-refractivity contribution in [3.8, 4) is 11.5 Å². The van der Waals surface area contributed by atoms with Gasteiger partial charge in [-0.15, -0.1) is 0 Å². The minimum atomic E-state index is -0.456. The van der Waals surface area contributed by atoms with Crippen LogP contribution >= 0.6 is 0 Å². The molecule has 0 fully saturated rings. The summed E-state index contributed by atoms with van der Waals surface area (Å²) >= 11 is 0. The Kier molecular flexibility index (Phi) is 6.43. The maximum Gasteiger partial charge on any atom is 0.310 e. The Bertz CT molecular complexity index is 932. The summed E-state index contributed by atoms with van der Waals surface area (Å²) in [6.45, 7) is 0.741. The highest BCUT2D eigenvalue weighted by Crippen LogP contribution is 2.28. The highest BCUT2D eigenvalue weighted by atomic mass is 16.6. The molecule has 7 heteroatoms. The van der Waals surface area contributed by atoms with Crippen molar-refractivity contribution >= 4 is 11.4 Å². The SMILES string of the molecule is COc1ccc(CNNc2ccccc2)cc1COc1ccccc1[N+](=O)[O-]. The van der Waals surface area contributed by atoms with E-state index < -0.39 is 4.92 Å². The summed E-state index contributed by atoms with van der Waals surface area (Å²) in [5.74, 6) is 0.891. The van der Waals surface area contributed by atoms with Gasteiger partial charge in [-0.1, -0.05) is 36.4 Å². The van der Waals surface area contributed by atoms with E-state index in [1.807, 2.05) is 48.5 Å². The largest absolute Gasteiger partial charge is 0.496 e. The van der Waals surface area contributed by atoms with Gasteiger partial charge in [0.2, 0.25) is 0 Å². The normalized spacial score (nSPS) is 10.3. The van der Waals surface area contributed by atoms with Crippen LogP contribution in [-0.4, -0.2) is 12.0 Å². The Morgan fingerprint density at radius 3 is 2.46 bits per heavy atom. The molecule has 0 saturated carbocycles. The number of nitrogens with one attached hydrogen (secondary N) is 2. The van der Waals surface area contributed by atoms with Crippen LogP contribution in [0.5, 0.6) is 11.5 Å². The smallest absolute Gasteiger partial charge is 0.310 e. The van der Waals surface area contributed by atoms with Gasteiger partial charge in [0.25, 0.3) is 0 Å². The molecule has 3 aromatic rings. The van der Waals surface area contributed by atoms with Crippen molar-refractivity contribution in [3.05, 3.63) is 94.0 Å². The number of para-hydroxylation sites is 3. The molecule has 0 aliphatic heterocycles. The van der Waals surface area contributed by atoms with Gasteiger partial charge >= 0.3 is 5.69 Å². The highest BCUT2D eigenvalue weighted by Gasteiger charge is 2.14. The van der Waals surface area contributed by atoms with E-state index in [4.69, 9.17) is 9.47 Å². The number of hydrazine groups is 1. The topological polar surface area (TPSA) is 85.7 Å². The molecule has 2 N–H and O–H groups in total. The zero-order chi connectivity index (χ0) is 19.8. The number of nitro groups is 1. The van der Waals surface area contributed by atoms with E-state index in [1.54, 1.807) is 25.3 Å². The number of nitrogens with zero attached hydrogens (tertiary/aromatic N) is 1. The molecule has 0 atom stereocenters. The van der Waals surface area contributed by atoms with Crippen molar-refractivity contribution in [3.63, 3.8) is 0 Å². The second kappa shape index (κ2) is 9.38. The summed E-state index contributed by atoms with van der Waals surface area (Å²) in [4.78, 5) is 10.7. The monoisotopic (exact) mass is 379 g/mol. The summed E-state index contributed by atoms with van der Waals surface area (Å²) in [5.41, 5.74) is 9.02. The van der Waals surface area contributed by atoms with Gasteiger partial charge in [0, 0.05) is 23.9 Å². The molecular formula is C21H21N3O4. The molecule has 0 aromatic heterocycles. The second-order valence-electron chi connectivity index (χ2n) is 6.00. The van der Waals surface area contributed by atoms with Crippen LogP contribution in [-0.2, 0) is 13.2 Å². The van der Waals surface area contributed by atoms with Gasteiger partial charge in [-0.2, -0.15) is 0 Å². The van der Waals surface area contributed by atoms with Crippen molar-refractivity contribution in [1.82, 2.24) is 5.43 Å². The van der Waals surface area contributed by atoms with Gasteiger partial charge in [0.15, 0.2) is 5.75 Å². The van der Waals surface area contributed by atoms with Crippen LogP contribution < -0.4 is 20.3 Å². The van der Waals surface area contributed by atoms with Gasteiger partial charge in [-0.25, -0.2) is 5.43 Å². The predicted octanol–water partition coefficient (Wildman–Crippen LogP) is 4.30. The van der Waals surface area contributed by atoms with Crippen LogP contribution in [0.4, 0.5) is 11.4 Å². The van der Waals surface area contributed by atoms with Crippen molar-refractivity contribution in [2.75, 3.05) is 12.5 Å². The van der Waals surface area contributed by atoms with Crippen LogP contribution in [0.1, 0.15) is 11.1 Å². The first-order valence-corrected chi connectivity index (χ1v) is 8.73. The molecule has 0 amide bonds. The van der Waals surface area contributed by atoms with Crippen LogP contribution in [0.2, 0.25) is 0 Å². The summed E-state index contributed by atoms with van der Waals surface area (Å²) in [5, 5.41) is 11.1. The summed E-state index contributed by atoms with van der Waals surface area (Å²) in [7, 11) is 1.58. The fourth-order valence-corrected chi connectivity index (χ4v) is 2.71. The van der Waals surface area contributed by atoms with E-state index in [1.165, 1.54) is 6.07 Å². The van der Waals surface area contributed by atoms with Gasteiger partial charge in [0.05, 0.1) is 12.0 Å². The molecule has 0 unspecified atom stereocenters. The first kappa shape index (κ1) is 19.2. The van der Waals surface area contributed by atoms with Crippen LogP contribution in [0.25, 0.3) is 0 Å². The number of hydrogen-bond donors (Lipinski definition) is 2. The fourth-order valence-electron chi connectivity index (χ4n) is 2.71. The number of rotatable bonds is 9. The van der Waals surface area contributed by atoms with E-state index >= 15 is 0 Å². The van der Waals surface area contributed by atoms with Crippen LogP contribution in [0.15, 0.2) is 72.8 Å². The number of ether oxygens (including phenoxy) is 2. The number of benzene rings is 3. The lowest BCUT2D eigenvalue weighted by Crippen LogP contribution is -2.20. The molecule has 0 aliphatic carbocycles. The Morgan fingerprint density at radius 2 is 1.71 bits per heavy atom. The number of hydrogen-bond acceptors (Lipinski definition) is 6. The third-order valence-electron chi connectivity index (χ3n) is 4.09. The first-order valence-electron chi connectivity index (χ1n) is 8.73.